The summed E-state index contributed by atoms with van der Waals surface area (Å²) in [4.78, 5) is 23.2. The zero-order valence-electron chi connectivity index (χ0n) is 16.2. The highest BCUT2D eigenvalue weighted by Gasteiger charge is 2.65. The molecule has 156 valence electrons. The molecular formula is C22H20O7S. The lowest BCUT2D eigenvalue weighted by Gasteiger charge is -2.27. The van der Waals surface area contributed by atoms with Crippen LogP contribution in [0.2, 0.25) is 0 Å². The number of ketones is 1. The molecule has 0 saturated carbocycles. The fourth-order valence-electron chi connectivity index (χ4n) is 3.95. The molecule has 0 radical (unpaired) electrons. The molecule has 2 aromatic rings. The molecule has 0 N–H and O–H groups in total. The van der Waals surface area contributed by atoms with Gasteiger partial charge in [-0.25, -0.2) is 13.2 Å². The first kappa shape index (κ1) is 20.3. The molecule has 30 heavy (non-hydrogen) atoms. The Hall–Kier alpha value is -2.97. The summed E-state index contributed by atoms with van der Waals surface area (Å²) in [6.45, 7) is 0.416. The Morgan fingerprint density at radius 3 is 2.27 bits per heavy atom. The largest absolute Gasteiger partial charge is 0.510 e. The Balaban J connectivity index is 2.03. The van der Waals surface area contributed by atoms with Gasteiger partial charge in [-0.1, -0.05) is 60.7 Å². The molecule has 1 fully saturated rings. The fraction of sp³-hybridized carbons (Fsp3) is 0.273. The van der Waals surface area contributed by atoms with Gasteiger partial charge < -0.3 is 14.2 Å². The van der Waals surface area contributed by atoms with Gasteiger partial charge in [0, 0.05) is 17.7 Å². The number of hydrogen-bond acceptors (Lipinski definition) is 7. The van der Waals surface area contributed by atoms with Crippen LogP contribution in [0, 0.1) is 0 Å². The van der Waals surface area contributed by atoms with Crippen molar-refractivity contribution in [1.29, 1.82) is 0 Å². The molecule has 2 aromatic carbocycles. The minimum absolute atomic E-state index is 0.00598. The maximum atomic E-state index is 14.0. The molecule has 7 nitrogen and oxygen atoms in total. The van der Waals surface area contributed by atoms with Gasteiger partial charge in [0.05, 0.1) is 18.1 Å². The zero-order valence-corrected chi connectivity index (χ0v) is 17.1. The molecule has 2 aliphatic rings. The lowest BCUT2D eigenvalue weighted by Crippen LogP contribution is -2.44. The molecular weight excluding hydrogens is 408 g/mol. The number of hydrogen-bond donors (Lipinski definition) is 0. The van der Waals surface area contributed by atoms with Crippen molar-refractivity contribution >= 4 is 26.7 Å². The van der Waals surface area contributed by atoms with E-state index in [1.165, 1.54) is 12.1 Å². The smallest absolute Gasteiger partial charge is 0.438 e. The molecule has 2 aliphatic heterocycles. The summed E-state index contributed by atoms with van der Waals surface area (Å²) in [6, 6.07) is 16.0. The summed E-state index contributed by atoms with van der Waals surface area (Å²) in [5.41, 5.74) is 0.371. The van der Waals surface area contributed by atoms with Crippen LogP contribution in [-0.4, -0.2) is 40.2 Å². The molecule has 2 atom stereocenters. The van der Waals surface area contributed by atoms with Gasteiger partial charge >= 0.3 is 11.1 Å². The molecule has 0 amide bonds. The molecule has 8 heteroatoms. The van der Waals surface area contributed by atoms with E-state index in [0.717, 1.165) is 7.11 Å². The molecule has 0 aromatic heterocycles. The summed E-state index contributed by atoms with van der Waals surface area (Å²) in [7, 11) is -3.45. The number of ether oxygens (including phenoxy) is 3. The normalized spacial score (nSPS) is 25.4. The van der Waals surface area contributed by atoms with Crippen LogP contribution in [0.25, 0.3) is 4.91 Å². The van der Waals surface area contributed by atoms with Gasteiger partial charge in [0.2, 0.25) is 15.6 Å². The Kier molecular flexibility index (Phi) is 5.21. The van der Waals surface area contributed by atoms with Crippen molar-refractivity contribution in [2.75, 3.05) is 13.7 Å². The first-order valence-corrected chi connectivity index (χ1v) is 10.9. The highest BCUT2D eigenvalue weighted by Crippen LogP contribution is 2.51. The molecule has 2 heterocycles. The van der Waals surface area contributed by atoms with Crippen LogP contribution in [-0.2, 0) is 33.8 Å². The summed E-state index contributed by atoms with van der Waals surface area (Å²) >= 11 is 0. The van der Waals surface area contributed by atoms with E-state index in [1.807, 2.05) is 0 Å². The van der Waals surface area contributed by atoms with Crippen molar-refractivity contribution in [2.45, 2.75) is 23.9 Å². The summed E-state index contributed by atoms with van der Waals surface area (Å²) in [5, 5.41) is 0. The first-order valence-electron chi connectivity index (χ1n) is 9.46. The van der Waals surface area contributed by atoms with Crippen molar-refractivity contribution in [3.05, 3.63) is 77.4 Å². The SMILES string of the molecule is COC(=O)OC1(c2ccccc2)C(=O)C(C2CCCO2)=C(c2ccccc2)S1(=O)=O. The summed E-state index contributed by atoms with van der Waals surface area (Å²) in [6.07, 6.45) is -0.776. The van der Waals surface area contributed by atoms with Gasteiger partial charge in [-0.3, -0.25) is 4.79 Å². The number of methoxy groups -OCH3 is 1. The molecule has 2 unspecified atom stereocenters. The van der Waals surface area contributed by atoms with E-state index in [4.69, 9.17) is 9.47 Å². The first-order chi connectivity index (χ1) is 14.4. The maximum absolute atomic E-state index is 14.0. The number of carbonyl (C=O) groups is 2. The maximum Gasteiger partial charge on any atom is 0.510 e. The van der Waals surface area contributed by atoms with Crippen LogP contribution in [0.4, 0.5) is 4.79 Å². The predicted octanol–water partition coefficient (Wildman–Crippen LogP) is 3.21. The zero-order chi connectivity index (χ0) is 21.4. The number of carbonyl (C=O) groups excluding carboxylic acids is 2. The number of rotatable bonds is 4. The third-order valence-corrected chi connectivity index (χ3v) is 7.52. The van der Waals surface area contributed by atoms with Crippen molar-refractivity contribution < 1.29 is 32.2 Å². The van der Waals surface area contributed by atoms with E-state index < -0.39 is 32.8 Å². The molecule has 0 bridgehead atoms. The standard InChI is InChI=1S/C22H20O7S/c1-27-21(24)29-22(16-11-6-3-7-12-16)20(23)18(17-13-8-14-28-17)19(30(22,25)26)15-9-4-2-5-10-15/h2-7,9-12,17H,8,13-14H2,1H3. The van der Waals surface area contributed by atoms with Crippen molar-refractivity contribution in [3.8, 4) is 0 Å². The second kappa shape index (κ2) is 7.70. The Morgan fingerprint density at radius 2 is 1.70 bits per heavy atom. The third-order valence-electron chi connectivity index (χ3n) is 5.27. The Labute approximate surface area is 174 Å². The van der Waals surface area contributed by atoms with E-state index in [2.05, 4.69) is 4.74 Å². The van der Waals surface area contributed by atoms with Crippen LogP contribution >= 0.6 is 0 Å². The monoisotopic (exact) mass is 428 g/mol. The average Bonchev–Trinajstić information content (AvgIpc) is 3.35. The van der Waals surface area contributed by atoms with Crippen LogP contribution in [0.3, 0.4) is 0 Å². The van der Waals surface area contributed by atoms with Crippen LogP contribution in [0.1, 0.15) is 24.0 Å². The topological polar surface area (TPSA) is 96.0 Å². The Bertz CT molecular complexity index is 1100. The van der Waals surface area contributed by atoms with E-state index in [-0.39, 0.29) is 16.0 Å². The summed E-state index contributed by atoms with van der Waals surface area (Å²) < 4.78 is 43.5. The van der Waals surface area contributed by atoms with Gasteiger partial charge in [0.1, 0.15) is 0 Å². The lowest BCUT2D eigenvalue weighted by molar-refractivity contribution is -0.129. The van der Waals surface area contributed by atoms with Crippen molar-refractivity contribution in [1.82, 2.24) is 0 Å². The fourth-order valence-corrected chi connectivity index (χ4v) is 6.18. The van der Waals surface area contributed by atoms with E-state index in [1.54, 1.807) is 48.5 Å². The van der Waals surface area contributed by atoms with E-state index in [9.17, 15) is 18.0 Å². The van der Waals surface area contributed by atoms with Crippen LogP contribution in [0.5, 0.6) is 0 Å². The quantitative estimate of drug-likeness (QED) is 0.690. The molecule has 1 saturated heterocycles. The second-order valence-corrected chi connectivity index (χ2v) is 8.97. The third kappa shape index (κ3) is 2.95. The molecule has 0 spiro atoms. The summed E-state index contributed by atoms with van der Waals surface area (Å²) in [5.74, 6) is -0.829. The highest BCUT2D eigenvalue weighted by atomic mass is 32.2. The van der Waals surface area contributed by atoms with E-state index >= 15 is 0 Å². The Morgan fingerprint density at radius 1 is 1.07 bits per heavy atom. The highest BCUT2D eigenvalue weighted by molar-refractivity contribution is 8.02. The lowest BCUT2D eigenvalue weighted by atomic mass is 9.93. The van der Waals surface area contributed by atoms with Gasteiger partial charge in [0.15, 0.2) is 0 Å². The second-order valence-electron chi connectivity index (χ2n) is 6.98. The minimum atomic E-state index is -4.51. The predicted molar refractivity (Wildman–Crippen MR) is 108 cm³/mol. The van der Waals surface area contributed by atoms with Crippen LogP contribution < -0.4 is 0 Å². The van der Waals surface area contributed by atoms with Crippen LogP contribution in [0.15, 0.2) is 66.2 Å². The van der Waals surface area contributed by atoms with Crippen molar-refractivity contribution in [2.24, 2.45) is 0 Å². The van der Waals surface area contributed by atoms with Gasteiger partial charge in [-0.2, -0.15) is 0 Å². The van der Waals surface area contributed by atoms with Gasteiger partial charge in [-0.15, -0.1) is 0 Å². The van der Waals surface area contributed by atoms with Crippen molar-refractivity contribution in [3.63, 3.8) is 0 Å². The molecule has 0 aliphatic carbocycles. The number of Topliss-reactive ketones (excluding diaryl/α,β-unsaturated/α-hetero) is 1. The number of sulfone groups is 1. The average molecular weight is 428 g/mol. The molecule has 4 rings (SSSR count). The minimum Gasteiger partial charge on any atom is -0.438 e. The number of benzene rings is 2. The van der Waals surface area contributed by atoms with Gasteiger partial charge in [-0.05, 0) is 18.4 Å². The van der Waals surface area contributed by atoms with Gasteiger partial charge in [0.25, 0.3) is 0 Å². The van der Waals surface area contributed by atoms with E-state index in [0.29, 0.717) is 25.0 Å².